The van der Waals surface area contributed by atoms with Gasteiger partial charge < -0.3 is 9.90 Å². The lowest BCUT2D eigenvalue weighted by Gasteiger charge is -2.17. The lowest BCUT2D eigenvalue weighted by atomic mass is 10.1. The quantitative estimate of drug-likeness (QED) is 0.527. The minimum atomic E-state index is -0.949. The van der Waals surface area contributed by atoms with Crippen LogP contribution in [0.15, 0.2) is 35.2 Å². The maximum atomic E-state index is 11.0. The van der Waals surface area contributed by atoms with Gasteiger partial charge in [0.2, 0.25) is 0 Å². The van der Waals surface area contributed by atoms with Gasteiger partial charge in [0.15, 0.2) is 0 Å². The predicted molar refractivity (Wildman–Crippen MR) is 69.9 cm³/mol. The molecule has 0 aliphatic rings. The second kappa shape index (κ2) is 8.18. The van der Waals surface area contributed by atoms with E-state index in [0.29, 0.717) is 6.42 Å². The van der Waals surface area contributed by atoms with Crippen molar-refractivity contribution in [3.63, 3.8) is 0 Å². The fraction of sp³-hybridized carbons (Fsp3) is 0.500. The molecule has 17 heavy (non-hydrogen) atoms. The van der Waals surface area contributed by atoms with Crippen LogP contribution >= 0.6 is 11.8 Å². The fourth-order valence-electron chi connectivity index (χ4n) is 1.64. The molecule has 0 amide bonds. The molecular formula is C14H19O2S-. The van der Waals surface area contributed by atoms with Gasteiger partial charge in [-0.05, 0) is 18.6 Å². The molecule has 1 rings (SSSR count). The summed E-state index contributed by atoms with van der Waals surface area (Å²) in [5.74, 6) is -0.949. The molecule has 3 heteroatoms. The maximum Gasteiger partial charge on any atom is 0.0548 e. The third-order valence-corrected chi connectivity index (χ3v) is 3.86. The summed E-state index contributed by atoms with van der Waals surface area (Å²) in [6.07, 6.45) is 5.11. The first-order chi connectivity index (χ1) is 8.24. The van der Waals surface area contributed by atoms with Gasteiger partial charge in [-0.15, -0.1) is 11.8 Å². The zero-order chi connectivity index (χ0) is 12.5. The van der Waals surface area contributed by atoms with Crippen molar-refractivity contribution in [3.8, 4) is 0 Å². The number of aliphatic carboxylic acids is 1. The smallest absolute Gasteiger partial charge is 0.0548 e. The molecule has 0 saturated carbocycles. The van der Waals surface area contributed by atoms with Gasteiger partial charge in [-0.25, -0.2) is 0 Å². The van der Waals surface area contributed by atoms with Gasteiger partial charge in [0.05, 0.1) is 5.97 Å². The highest BCUT2D eigenvalue weighted by molar-refractivity contribution is 8.00. The molecule has 1 atom stereocenters. The first-order valence-corrected chi connectivity index (χ1v) is 7.04. The molecule has 0 aromatic heterocycles. The third kappa shape index (κ3) is 5.78. The van der Waals surface area contributed by atoms with Crippen molar-refractivity contribution in [2.75, 3.05) is 0 Å². The monoisotopic (exact) mass is 251 g/mol. The number of carbonyl (C=O) groups excluding carboxylic acids is 1. The third-order valence-electron chi connectivity index (χ3n) is 2.60. The molecule has 0 bridgehead atoms. The number of hydrogen-bond donors (Lipinski definition) is 0. The van der Waals surface area contributed by atoms with E-state index in [1.54, 1.807) is 0 Å². The van der Waals surface area contributed by atoms with E-state index in [9.17, 15) is 9.90 Å². The van der Waals surface area contributed by atoms with E-state index in [0.717, 1.165) is 17.7 Å². The van der Waals surface area contributed by atoms with Gasteiger partial charge >= 0.3 is 0 Å². The van der Waals surface area contributed by atoms with Crippen LogP contribution in [0.5, 0.6) is 0 Å². The zero-order valence-corrected chi connectivity index (χ0v) is 11.0. The summed E-state index contributed by atoms with van der Waals surface area (Å²) in [7, 11) is 0. The highest BCUT2D eigenvalue weighted by Gasteiger charge is 2.11. The number of carboxylic acid groups (broad SMARTS) is 1. The molecule has 94 valence electrons. The van der Waals surface area contributed by atoms with Gasteiger partial charge in [0.25, 0.3) is 0 Å². The van der Waals surface area contributed by atoms with Crippen LogP contribution in [0.25, 0.3) is 0 Å². The minimum Gasteiger partial charge on any atom is -0.549 e. The molecule has 0 aliphatic heterocycles. The molecule has 0 aliphatic carbocycles. The number of hydrogen-bond acceptors (Lipinski definition) is 3. The second-order valence-electron chi connectivity index (χ2n) is 4.09. The number of thioether (sulfide) groups is 1. The normalized spacial score (nSPS) is 12.3. The van der Waals surface area contributed by atoms with E-state index in [1.807, 2.05) is 30.3 Å². The molecule has 0 radical (unpaired) electrons. The summed E-state index contributed by atoms with van der Waals surface area (Å²) in [6, 6.07) is 9.65. The van der Waals surface area contributed by atoms with E-state index in [4.69, 9.17) is 0 Å². The van der Waals surface area contributed by atoms with Crippen LogP contribution in [-0.2, 0) is 4.79 Å². The SMILES string of the molecule is CCCCCCC(Sc1ccccc1)C(=O)[O-]. The van der Waals surface area contributed by atoms with Crippen LogP contribution in [0.4, 0.5) is 0 Å². The van der Waals surface area contributed by atoms with Gasteiger partial charge in [-0.1, -0.05) is 50.8 Å². The molecule has 0 heterocycles. The Morgan fingerprint density at radius 1 is 1.24 bits per heavy atom. The highest BCUT2D eigenvalue weighted by atomic mass is 32.2. The molecule has 0 fully saturated rings. The van der Waals surface area contributed by atoms with Crippen molar-refractivity contribution in [2.24, 2.45) is 0 Å². The van der Waals surface area contributed by atoms with Crippen LogP contribution in [-0.4, -0.2) is 11.2 Å². The summed E-state index contributed by atoms with van der Waals surface area (Å²) in [5.41, 5.74) is 0. The van der Waals surface area contributed by atoms with E-state index in [-0.39, 0.29) is 0 Å². The maximum absolute atomic E-state index is 11.0. The number of rotatable bonds is 8. The van der Waals surface area contributed by atoms with E-state index < -0.39 is 11.2 Å². The van der Waals surface area contributed by atoms with Crippen LogP contribution in [0, 0.1) is 0 Å². The number of unbranched alkanes of at least 4 members (excludes halogenated alkanes) is 3. The van der Waals surface area contributed by atoms with Gasteiger partial charge in [0, 0.05) is 10.1 Å². The van der Waals surface area contributed by atoms with Crippen LogP contribution in [0.1, 0.15) is 39.0 Å². The molecule has 2 nitrogen and oxygen atoms in total. The summed E-state index contributed by atoms with van der Waals surface area (Å²) in [4.78, 5) is 12.0. The molecule has 1 aromatic rings. The Balaban J connectivity index is 2.41. The zero-order valence-electron chi connectivity index (χ0n) is 10.2. The Hall–Kier alpha value is -0.960. The van der Waals surface area contributed by atoms with Gasteiger partial charge in [-0.2, -0.15) is 0 Å². The number of benzene rings is 1. The van der Waals surface area contributed by atoms with Crippen molar-refractivity contribution >= 4 is 17.7 Å². The average Bonchev–Trinajstić information content (AvgIpc) is 2.34. The molecule has 0 spiro atoms. The van der Waals surface area contributed by atoms with Crippen molar-refractivity contribution in [1.29, 1.82) is 0 Å². The molecule has 0 N–H and O–H groups in total. The Morgan fingerprint density at radius 3 is 2.53 bits per heavy atom. The van der Waals surface area contributed by atoms with E-state index >= 15 is 0 Å². The summed E-state index contributed by atoms with van der Waals surface area (Å²) in [6.45, 7) is 2.15. The van der Waals surface area contributed by atoms with E-state index in [2.05, 4.69) is 6.92 Å². The second-order valence-corrected chi connectivity index (χ2v) is 5.36. The molecular weight excluding hydrogens is 232 g/mol. The lowest BCUT2D eigenvalue weighted by molar-refractivity contribution is -0.304. The summed E-state index contributed by atoms with van der Waals surface area (Å²) < 4.78 is 0. The highest BCUT2D eigenvalue weighted by Crippen LogP contribution is 2.26. The average molecular weight is 251 g/mol. The van der Waals surface area contributed by atoms with Crippen molar-refractivity contribution in [1.82, 2.24) is 0 Å². The topological polar surface area (TPSA) is 40.1 Å². The molecule has 1 aromatic carbocycles. The minimum absolute atomic E-state index is 0.422. The largest absolute Gasteiger partial charge is 0.549 e. The van der Waals surface area contributed by atoms with E-state index in [1.165, 1.54) is 24.6 Å². The fourth-order valence-corrected chi connectivity index (χ4v) is 2.67. The first-order valence-electron chi connectivity index (χ1n) is 6.16. The lowest BCUT2D eigenvalue weighted by Crippen LogP contribution is -2.33. The summed E-state index contributed by atoms with van der Waals surface area (Å²) in [5, 5.41) is 10.6. The van der Waals surface area contributed by atoms with Crippen molar-refractivity contribution in [2.45, 2.75) is 49.2 Å². The number of carboxylic acids is 1. The van der Waals surface area contributed by atoms with Crippen LogP contribution < -0.4 is 5.11 Å². The molecule has 1 unspecified atom stereocenters. The Labute approximate surface area is 107 Å². The first kappa shape index (κ1) is 14.1. The van der Waals surface area contributed by atoms with Gasteiger partial charge in [0.1, 0.15) is 0 Å². The van der Waals surface area contributed by atoms with Gasteiger partial charge in [-0.3, -0.25) is 0 Å². The van der Waals surface area contributed by atoms with Crippen molar-refractivity contribution < 1.29 is 9.90 Å². The van der Waals surface area contributed by atoms with Crippen molar-refractivity contribution in [3.05, 3.63) is 30.3 Å². The predicted octanol–water partition coefficient (Wildman–Crippen LogP) is 2.87. The Bertz CT molecular complexity index is 324. The Morgan fingerprint density at radius 2 is 1.94 bits per heavy atom. The molecule has 0 saturated heterocycles. The Kier molecular flexibility index (Phi) is 6.78. The standard InChI is InChI=1S/C14H20O2S/c1-2-3-4-8-11-13(14(15)16)17-12-9-6-5-7-10-12/h5-7,9-10,13H,2-4,8,11H2,1H3,(H,15,16)/p-1. The van der Waals surface area contributed by atoms with Crippen LogP contribution in [0.3, 0.4) is 0 Å². The number of carbonyl (C=O) groups is 1. The van der Waals surface area contributed by atoms with Crippen LogP contribution in [0.2, 0.25) is 0 Å². The summed E-state index contributed by atoms with van der Waals surface area (Å²) >= 11 is 1.39.